The van der Waals surface area contributed by atoms with Crippen molar-refractivity contribution in [3.63, 3.8) is 0 Å². The largest absolute Gasteiger partial charge is 0.487 e. The van der Waals surface area contributed by atoms with Crippen LogP contribution >= 0.6 is 0 Å². The smallest absolute Gasteiger partial charge is 0.391 e. The van der Waals surface area contributed by atoms with Crippen LogP contribution < -0.4 is 9.47 Å². The highest BCUT2D eigenvalue weighted by atomic mass is 19.4. The summed E-state index contributed by atoms with van der Waals surface area (Å²) in [7, 11) is 0. The van der Waals surface area contributed by atoms with Gasteiger partial charge in [-0.25, -0.2) is 0 Å². The Morgan fingerprint density at radius 1 is 1.06 bits per heavy atom. The third-order valence-electron chi connectivity index (χ3n) is 7.76. The molecule has 1 aromatic carbocycles. The fourth-order valence-electron chi connectivity index (χ4n) is 5.42. The van der Waals surface area contributed by atoms with Crippen LogP contribution in [0.15, 0.2) is 6.07 Å². The van der Waals surface area contributed by atoms with Gasteiger partial charge in [-0.3, -0.25) is 4.79 Å². The Balaban J connectivity index is 1.82. The van der Waals surface area contributed by atoms with Crippen LogP contribution in [0.3, 0.4) is 0 Å². The average Bonchev–Trinajstić information content (AvgIpc) is 2.75. The van der Waals surface area contributed by atoms with E-state index in [-0.39, 0.29) is 24.4 Å². The molecule has 3 unspecified atom stereocenters. The van der Waals surface area contributed by atoms with Crippen molar-refractivity contribution >= 4 is 5.97 Å². The summed E-state index contributed by atoms with van der Waals surface area (Å²) in [6.45, 7) is 13.8. The second kappa shape index (κ2) is 13.2. The predicted molar refractivity (Wildman–Crippen MR) is 140 cm³/mol. The molecule has 1 heterocycles. The molecule has 6 heteroatoms. The fraction of sp³-hybridized carbons (Fsp3) is 0.767. The van der Waals surface area contributed by atoms with Gasteiger partial charge in [0.2, 0.25) is 0 Å². The highest BCUT2D eigenvalue weighted by molar-refractivity contribution is 5.70. The minimum atomic E-state index is -4.08. The van der Waals surface area contributed by atoms with Gasteiger partial charge in [0.15, 0.2) is 0 Å². The van der Waals surface area contributed by atoms with Gasteiger partial charge in [-0.1, -0.05) is 52.9 Å². The molecule has 3 nitrogen and oxygen atoms in total. The summed E-state index contributed by atoms with van der Waals surface area (Å²) < 4.78 is 52.1. The third-order valence-corrected chi connectivity index (χ3v) is 7.76. The van der Waals surface area contributed by atoms with Gasteiger partial charge in [0, 0.05) is 12.5 Å². The molecule has 2 rings (SSSR count). The number of hydrogen-bond acceptors (Lipinski definition) is 3. The zero-order valence-corrected chi connectivity index (χ0v) is 23.4. The number of fused-ring (bicyclic) bond motifs is 1. The summed E-state index contributed by atoms with van der Waals surface area (Å²) in [4.78, 5) is 11.4. The Hall–Kier alpha value is -1.72. The third kappa shape index (κ3) is 9.30. The summed E-state index contributed by atoms with van der Waals surface area (Å²) >= 11 is 0. The molecule has 0 bridgehead atoms. The first-order valence-electron chi connectivity index (χ1n) is 13.8. The summed E-state index contributed by atoms with van der Waals surface area (Å²) in [5, 5.41) is 0. The van der Waals surface area contributed by atoms with E-state index in [0.29, 0.717) is 30.4 Å². The normalized spacial score (nSPS) is 19.5. The molecule has 1 aromatic rings. The Bertz CT molecular complexity index is 862. The highest BCUT2D eigenvalue weighted by Crippen LogP contribution is 2.43. The van der Waals surface area contributed by atoms with E-state index in [0.717, 1.165) is 67.4 Å². The van der Waals surface area contributed by atoms with Crippen LogP contribution in [0.5, 0.6) is 11.5 Å². The lowest BCUT2D eigenvalue weighted by Gasteiger charge is -2.38. The molecule has 0 saturated carbocycles. The average molecular weight is 513 g/mol. The quantitative estimate of drug-likeness (QED) is 0.195. The first kappa shape index (κ1) is 30.5. The summed E-state index contributed by atoms with van der Waals surface area (Å²) in [6.07, 6.45) is 4.09. The van der Waals surface area contributed by atoms with Gasteiger partial charge in [0.25, 0.3) is 0 Å². The van der Waals surface area contributed by atoms with Crippen LogP contribution in [0.25, 0.3) is 0 Å². The molecular weight excluding hydrogens is 465 g/mol. The van der Waals surface area contributed by atoms with Gasteiger partial charge in [-0.05, 0) is 88.3 Å². The molecule has 0 saturated heterocycles. The molecule has 0 aliphatic carbocycles. The van der Waals surface area contributed by atoms with Crippen LogP contribution in [-0.2, 0) is 11.2 Å². The van der Waals surface area contributed by atoms with Crippen molar-refractivity contribution in [2.24, 2.45) is 17.8 Å². The molecule has 206 valence electrons. The maximum Gasteiger partial charge on any atom is 0.391 e. The fourth-order valence-corrected chi connectivity index (χ4v) is 5.42. The zero-order valence-electron chi connectivity index (χ0n) is 23.4. The number of alkyl halides is 3. The lowest BCUT2D eigenvalue weighted by molar-refractivity contribution is -0.179. The number of aryl methyl sites for hydroxylation is 1. The molecule has 0 amide bonds. The Morgan fingerprint density at radius 3 is 2.25 bits per heavy atom. The summed E-state index contributed by atoms with van der Waals surface area (Å²) in [5.74, 6) is 0.880. The lowest BCUT2D eigenvalue weighted by Crippen LogP contribution is -2.37. The number of halogens is 3. The summed E-state index contributed by atoms with van der Waals surface area (Å²) in [6, 6.07) is 1.88. The first-order chi connectivity index (χ1) is 16.7. The number of carbonyl (C=O) groups excluding carboxylic acids is 1. The monoisotopic (exact) mass is 512 g/mol. The number of benzene rings is 1. The van der Waals surface area contributed by atoms with Crippen molar-refractivity contribution in [1.82, 2.24) is 0 Å². The van der Waals surface area contributed by atoms with Gasteiger partial charge >= 0.3 is 12.1 Å². The lowest BCUT2D eigenvalue weighted by atomic mass is 9.84. The molecule has 0 aromatic heterocycles. The van der Waals surface area contributed by atoms with E-state index in [1.54, 1.807) is 0 Å². The molecule has 0 N–H and O–H groups in total. The van der Waals surface area contributed by atoms with Crippen molar-refractivity contribution in [2.75, 3.05) is 0 Å². The van der Waals surface area contributed by atoms with E-state index in [1.165, 1.54) is 6.92 Å². The highest BCUT2D eigenvalue weighted by Gasteiger charge is 2.38. The number of rotatable bonds is 13. The molecule has 3 atom stereocenters. The Labute approximate surface area is 216 Å². The van der Waals surface area contributed by atoms with Crippen LogP contribution in [0, 0.1) is 31.6 Å². The van der Waals surface area contributed by atoms with E-state index >= 15 is 0 Å². The van der Waals surface area contributed by atoms with E-state index in [1.807, 2.05) is 19.9 Å². The van der Waals surface area contributed by atoms with E-state index in [9.17, 15) is 18.0 Å². The first-order valence-corrected chi connectivity index (χ1v) is 13.8. The number of esters is 1. The SMILES string of the molecule is CC(=O)Oc1cc(C)c2c(c1C)CCC(C)(CCCC(C)CCCC(CCCC(C)C)C(F)(F)F)O2. The molecule has 0 radical (unpaired) electrons. The minimum absolute atomic E-state index is 0.248. The van der Waals surface area contributed by atoms with Crippen LogP contribution in [-0.4, -0.2) is 17.7 Å². The maximum atomic E-state index is 13.4. The second-order valence-electron chi connectivity index (χ2n) is 11.8. The van der Waals surface area contributed by atoms with Crippen molar-refractivity contribution in [1.29, 1.82) is 0 Å². The van der Waals surface area contributed by atoms with Crippen molar-refractivity contribution in [3.8, 4) is 11.5 Å². The number of carbonyl (C=O) groups is 1. The van der Waals surface area contributed by atoms with Gasteiger partial charge in [0.05, 0.1) is 5.92 Å². The summed E-state index contributed by atoms with van der Waals surface area (Å²) in [5.41, 5.74) is 2.79. The number of ether oxygens (including phenoxy) is 2. The van der Waals surface area contributed by atoms with E-state index < -0.39 is 12.1 Å². The Morgan fingerprint density at radius 2 is 1.67 bits per heavy atom. The van der Waals surface area contributed by atoms with Crippen LogP contribution in [0.2, 0.25) is 0 Å². The molecule has 1 aliphatic rings. The van der Waals surface area contributed by atoms with Gasteiger partial charge in [-0.2, -0.15) is 13.2 Å². The van der Waals surface area contributed by atoms with E-state index in [4.69, 9.17) is 9.47 Å². The Kier molecular flexibility index (Phi) is 11.2. The van der Waals surface area contributed by atoms with Crippen molar-refractivity contribution in [3.05, 3.63) is 22.8 Å². The van der Waals surface area contributed by atoms with Crippen molar-refractivity contribution < 1.29 is 27.4 Å². The molecule has 0 fully saturated rings. The predicted octanol–water partition coefficient (Wildman–Crippen LogP) is 9.29. The molecule has 36 heavy (non-hydrogen) atoms. The number of hydrogen-bond donors (Lipinski definition) is 0. The molecular formula is C30H47F3O3. The van der Waals surface area contributed by atoms with Crippen LogP contribution in [0.4, 0.5) is 13.2 Å². The van der Waals surface area contributed by atoms with Crippen molar-refractivity contribution in [2.45, 2.75) is 131 Å². The topological polar surface area (TPSA) is 35.5 Å². The second-order valence-corrected chi connectivity index (χ2v) is 11.8. The standard InChI is InChI=1S/C30H47F3O3/c1-20(2)11-8-14-25(30(31,32)33)15-9-12-21(3)13-10-17-29(7)18-16-26-23(5)27(35-24(6)34)19-22(4)28(26)36-29/h19-21,25H,8-18H2,1-7H3. The van der Waals surface area contributed by atoms with Gasteiger partial charge < -0.3 is 9.47 Å². The minimum Gasteiger partial charge on any atom is -0.487 e. The van der Waals surface area contributed by atoms with Gasteiger partial charge in [0.1, 0.15) is 17.1 Å². The maximum absolute atomic E-state index is 13.4. The molecule has 1 aliphatic heterocycles. The zero-order chi connectivity index (χ0) is 27.1. The van der Waals surface area contributed by atoms with E-state index in [2.05, 4.69) is 27.7 Å². The molecule has 0 spiro atoms. The van der Waals surface area contributed by atoms with Gasteiger partial charge in [-0.15, -0.1) is 0 Å². The van der Waals surface area contributed by atoms with Crippen LogP contribution in [0.1, 0.15) is 116 Å².